The number of hydrogen-bond acceptors (Lipinski definition) is 3. The zero-order chi connectivity index (χ0) is 13.1. The van der Waals surface area contributed by atoms with E-state index in [9.17, 15) is 13.2 Å². The minimum atomic E-state index is -2.22. The number of hydrogen-bond donors (Lipinski definition) is 2. The fourth-order valence-corrected chi connectivity index (χ4v) is 2.84. The average molecular weight is 266 g/mol. The fourth-order valence-electron chi connectivity index (χ4n) is 1.65. The molecule has 0 radical (unpaired) electrons. The molecule has 0 saturated carbocycles. The van der Waals surface area contributed by atoms with E-state index in [1.165, 1.54) is 11.8 Å². The third-order valence-corrected chi connectivity index (χ3v) is 3.26. The zero-order valence-electron chi connectivity index (χ0n) is 10.1. The van der Waals surface area contributed by atoms with Crippen LogP contribution < -0.4 is 10.6 Å². The Kier molecular flexibility index (Phi) is 4.94. The second-order valence-corrected chi connectivity index (χ2v) is 5.72. The van der Waals surface area contributed by atoms with Gasteiger partial charge in [-0.15, -0.1) is 11.8 Å². The van der Waals surface area contributed by atoms with Crippen LogP contribution in [0.2, 0.25) is 0 Å². The van der Waals surface area contributed by atoms with E-state index in [1.807, 2.05) is 26.8 Å². The Labute approximate surface area is 104 Å². The Hall–Kier alpha value is -0.620. The summed E-state index contributed by atoms with van der Waals surface area (Å²) >= 11 is 1.38. The van der Waals surface area contributed by atoms with Crippen LogP contribution in [-0.2, 0) is 0 Å². The first-order valence-electron chi connectivity index (χ1n) is 5.35. The largest absolute Gasteiger partial charge is 0.365 e. The van der Waals surface area contributed by atoms with Gasteiger partial charge < -0.3 is 5.32 Å². The third-order valence-electron chi connectivity index (χ3n) is 2.25. The van der Waals surface area contributed by atoms with Crippen LogP contribution in [0.15, 0.2) is 23.7 Å². The van der Waals surface area contributed by atoms with Crippen LogP contribution in [-0.4, -0.2) is 16.8 Å². The molecular formula is C11H17F3N2S. The van der Waals surface area contributed by atoms with Crippen molar-refractivity contribution in [1.82, 2.24) is 10.6 Å². The molecule has 98 valence electrons. The fraction of sp³-hybridized carbons (Fsp3) is 0.636. The van der Waals surface area contributed by atoms with Crippen LogP contribution in [0.5, 0.6) is 0 Å². The predicted molar refractivity (Wildman–Crippen MR) is 65.3 cm³/mol. The van der Waals surface area contributed by atoms with Crippen LogP contribution in [0.25, 0.3) is 0 Å². The molecule has 0 spiro atoms. The molecule has 0 aromatic rings. The van der Waals surface area contributed by atoms with Gasteiger partial charge in [-0.3, -0.25) is 5.32 Å². The van der Waals surface area contributed by atoms with Crippen LogP contribution in [0.1, 0.15) is 27.2 Å². The molecule has 0 aliphatic carbocycles. The molecule has 2 nitrogen and oxygen atoms in total. The summed E-state index contributed by atoms with van der Waals surface area (Å²) in [5.41, 5.74) is 0.802. The highest BCUT2D eigenvalue weighted by Gasteiger charge is 2.24. The Morgan fingerprint density at radius 2 is 2.06 bits per heavy atom. The Morgan fingerprint density at radius 3 is 2.59 bits per heavy atom. The molecule has 0 amide bonds. The summed E-state index contributed by atoms with van der Waals surface area (Å²) in [6.07, 6.45) is -0.409. The molecule has 6 heteroatoms. The van der Waals surface area contributed by atoms with Gasteiger partial charge in [0.25, 0.3) is 0 Å². The molecule has 1 unspecified atom stereocenters. The minimum absolute atomic E-state index is 0.0783. The molecule has 1 atom stereocenters. The molecule has 1 rings (SSSR count). The summed E-state index contributed by atoms with van der Waals surface area (Å²) in [7, 11) is 0. The van der Waals surface area contributed by atoms with Crippen molar-refractivity contribution >= 4 is 11.8 Å². The summed E-state index contributed by atoms with van der Waals surface area (Å²) in [5, 5.41) is 6.44. The number of thioether (sulfide) groups is 1. The van der Waals surface area contributed by atoms with E-state index < -0.39 is 11.9 Å². The highest BCUT2D eigenvalue weighted by atomic mass is 32.2. The molecule has 0 saturated heterocycles. The van der Waals surface area contributed by atoms with Crippen molar-refractivity contribution in [2.45, 2.75) is 38.2 Å². The zero-order valence-corrected chi connectivity index (χ0v) is 10.9. The second-order valence-electron chi connectivity index (χ2n) is 4.50. The lowest BCUT2D eigenvalue weighted by Gasteiger charge is -2.35. The standard InChI is InChI=1S/C11H17F3N2S/c1-7-6-11(2,3)16-10(15-7)17-5-4-8(12)9(13)14/h6,10,15-16H,4-5H2,1-3H3. The SMILES string of the molecule is CC1=CC(C)(C)NC(SCCC(F)=C(F)F)N1. The normalized spacial score (nSPS) is 22.7. The van der Waals surface area contributed by atoms with Gasteiger partial charge in [0, 0.05) is 23.4 Å². The average Bonchev–Trinajstić information content (AvgIpc) is 2.13. The maximum absolute atomic E-state index is 12.6. The van der Waals surface area contributed by atoms with Crippen molar-refractivity contribution in [1.29, 1.82) is 0 Å². The first kappa shape index (κ1) is 14.4. The van der Waals surface area contributed by atoms with Gasteiger partial charge in [-0.1, -0.05) is 0 Å². The van der Waals surface area contributed by atoms with Gasteiger partial charge in [-0.2, -0.15) is 8.78 Å². The minimum Gasteiger partial charge on any atom is -0.365 e. The van der Waals surface area contributed by atoms with E-state index >= 15 is 0 Å². The summed E-state index contributed by atoms with van der Waals surface area (Å²) in [6.45, 7) is 5.98. The molecule has 2 N–H and O–H groups in total. The topological polar surface area (TPSA) is 24.1 Å². The molecular weight excluding hydrogens is 249 g/mol. The lowest BCUT2D eigenvalue weighted by Crippen LogP contribution is -2.53. The van der Waals surface area contributed by atoms with Gasteiger partial charge in [0.2, 0.25) is 0 Å². The van der Waals surface area contributed by atoms with E-state index in [0.29, 0.717) is 5.75 Å². The molecule has 0 aromatic heterocycles. The lowest BCUT2D eigenvalue weighted by atomic mass is 10.0. The summed E-state index contributed by atoms with van der Waals surface area (Å²) in [5.74, 6) is -1.02. The first-order chi connectivity index (χ1) is 7.80. The first-order valence-corrected chi connectivity index (χ1v) is 6.40. The number of allylic oxidation sites excluding steroid dienone is 2. The van der Waals surface area contributed by atoms with Gasteiger partial charge in [0.1, 0.15) is 5.50 Å². The Bertz CT molecular complexity index is 336. The smallest absolute Gasteiger partial charge is 0.301 e. The molecule has 0 bridgehead atoms. The van der Waals surface area contributed by atoms with Gasteiger partial charge in [-0.05, 0) is 26.8 Å². The van der Waals surface area contributed by atoms with Crippen LogP contribution >= 0.6 is 11.8 Å². The van der Waals surface area contributed by atoms with Crippen molar-refractivity contribution < 1.29 is 13.2 Å². The molecule has 0 aromatic carbocycles. The van der Waals surface area contributed by atoms with Crippen molar-refractivity contribution in [2.75, 3.05) is 5.75 Å². The van der Waals surface area contributed by atoms with Crippen LogP contribution in [0.3, 0.4) is 0 Å². The van der Waals surface area contributed by atoms with Crippen LogP contribution in [0, 0.1) is 0 Å². The van der Waals surface area contributed by atoms with Crippen molar-refractivity contribution in [3.05, 3.63) is 23.7 Å². The number of nitrogens with one attached hydrogen (secondary N) is 2. The quantitative estimate of drug-likeness (QED) is 0.816. The van der Waals surface area contributed by atoms with E-state index in [4.69, 9.17) is 0 Å². The maximum Gasteiger partial charge on any atom is 0.301 e. The van der Waals surface area contributed by atoms with Crippen molar-refractivity contribution in [3.63, 3.8) is 0 Å². The lowest BCUT2D eigenvalue weighted by molar-refractivity contribution is 0.373. The third kappa shape index (κ3) is 5.04. The van der Waals surface area contributed by atoms with Gasteiger partial charge in [0.05, 0.1) is 0 Å². The van der Waals surface area contributed by atoms with Gasteiger partial charge in [0.15, 0.2) is 5.83 Å². The van der Waals surface area contributed by atoms with Gasteiger partial charge >= 0.3 is 6.08 Å². The summed E-state index contributed by atoms with van der Waals surface area (Å²) in [4.78, 5) is 0. The van der Waals surface area contributed by atoms with Gasteiger partial charge in [-0.25, -0.2) is 4.39 Å². The summed E-state index contributed by atoms with van der Waals surface area (Å²) in [6, 6.07) is 0. The molecule has 0 fully saturated rings. The molecule has 1 aliphatic heterocycles. The van der Waals surface area contributed by atoms with E-state index in [1.54, 1.807) is 0 Å². The Balaban J connectivity index is 2.40. The molecule has 17 heavy (non-hydrogen) atoms. The van der Waals surface area contributed by atoms with Crippen LogP contribution in [0.4, 0.5) is 13.2 Å². The highest BCUT2D eigenvalue weighted by Crippen LogP contribution is 2.22. The molecule has 1 aliphatic rings. The maximum atomic E-state index is 12.6. The summed E-state index contributed by atoms with van der Waals surface area (Å²) < 4.78 is 36.2. The number of rotatable bonds is 4. The predicted octanol–water partition coefficient (Wildman–Crippen LogP) is 3.35. The van der Waals surface area contributed by atoms with E-state index in [0.717, 1.165) is 5.70 Å². The molecule has 1 heterocycles. The van der Waals surface area contributed by atoms with E-state index in [-0.39, 0.29) is 17.5 Å². The number of halogens is 3. The van der Waals surface area contributed by atoms with Crippen molar-refractivity contribution in [3.8, 4) is 0 Å². The highest BCUT2D eigenvalue weighted by molar-refractivity contribution is 7.99. The second kappa shape index (κ2) is 5.82. The van der Waals surface area contributed by atoms with Crippen molar-refractivity contribution in [2.24, 2.45) is 0 Å². The monoisotopic (exact) mass is 266 g/mol. The van der Waals surface area contributed by atoms with E-state index in [2.05, 4.69) is 10.6 Å². The Morgan fingerprint density at radius 1 is 1.41 bits per heavy atom.